The van der Waals surface area contributed by atoms with Crippen LogP contribution in [-0.2, 0) is 6.54 Å². The van der Waals surface area contributed by atoms with Crippen molar-refractivity contribution in [3.63, 3.8) is 0 Å². The molecule has 1 saturated heterocycles. The molecule has 1 aliphatic rings. The lowest BCUT2D eigenvalue weighted by molar-refractivity contribution is 0.172. The van der Waals surface area contributed by atoms with Crippen LogP contribution in [0.5, 0.6) is 0 Å². The second-order valence-electron chi connectivity index (χ2n) is 4.99. The molecule has 96 valence electrons. The summed E-state index contributed by atoms with van der Waals surface area (Å²) < 4.78 is 0. The molecule has 1 nitrogen and oxygen atoms in total. The minimum absolute atomic E-state index is 0. The van der Waals surface area contributed by atoms with Gasteiger partial charge in [0.2, 0.25) is 0 Å². The average Bonchev–Trinajstić information content (AvgIpc) is 2.33. The Bertz CT molecular complexity index is 286. The molecule has 1 fully saturated rings. The predicted molar refractivity (Wildman–Crippen MR) is 76.1 cm³/mol. The molecule has 0 aromatic heterocycles. The summed E-state index contributed by atoms with van der Waals surface area (Å²) in [6.45, 7) is 6.02. The highest BCUT2D eigenvalue weighted by atomic mass is 15.1. The predicted octanol–water partition coefficient (Wildman–Crippen LogP) is 4.33. The molecule has 2 rings (SSSR count). The van der Waals surface area contributed by atoms with Crippen LogP contribution in [0.4, 0.5) is 0 Å². The Morgan fingerprint density at radius 1 is 1.12 bits per heavy atom. The Morgan fingerprint density at radius 2 is 1.76 bits per heavy atom. The van der Waals surface area contributed by atoms with Gasteiger partial charge in [0.1, 0.15) is 0 Å². The molecule has 0 aliphatic carbocycles. The number of rotatable bonds is 4. The Morgan fingerprint density at radius 3 is 2.35 bits per heavy atom. The Hall–Kier alpha value is -0.820. The van der Waals surface area contributed by atoms with Crippen LogP contribution in [0, 0.1) is 5.92 Å². The summed E-state index contributed by atoms with van der Waals surface area (Å²) in [5.41, 5.74) is 1.46. The summed E-state index contributed by atoms with van der Waals surface area (Å²) in [5, 5.41) is 0. The van der Waals surface area contributed by atoms with Crippen molar-refractivity contribution in [3.8, 4) is 0 Å². The van der Waals surface area contributed by atoms with Gasteiger partial charge in [0.05, 0.1) is 0 Å². The lowest BCUT2D eigenvalue weighted by Crippen LogP contribution is -2.33. The third-order valence-corrected chi connectivity index (χ3v) is 3.65. The van der Waals surface area contributed by atoms with Crippen molar-refractivity contribution in [2.75, 3.05) is 13.1 Å². The minimum atomic E-state index is 0. The van der Waals surface area contributed by atoms with E-state index in [-0.39, 0.29) is 7.43 Å². The first-order valence-corrected chi connectivity index (χ1v) is 6.64. The summed E-state index contributed by atoms with van der Waals surface area (Å²) in [5.74, 6) is 0.997. The third kappa shape index (κ3) is 4.51. The van der Waals surface area contributed by atoms with Gasteiger partial charge in [-0.15, -0.1) is 0 Å². The molecule has 0 radical (unpaired) electrons. The summed E-state index contributed by atoms with van der Waals surface area (Å²) in [4.78, 5) is 2.60. The zero-order chi connectivity index (χ0) is 11.2. The van der Waals surface area contributed by atoms with E-state index in [1.807, 2.05) is 0 Å². The lowest BCUT2D eigenvalue weighted by atomic mass is 9.92. The van der Waals surface area contributed by atoms with Crippen molar-refractivity contribution in [2.45, 2.75) is 46.6 Å². The fourth-order valence-corrected chi connectivity index (χ4v) is 2.68. The summed E-state index contributed by atoms with van der Waals surface area (Å²) >= 11 is 0. The van der Waals surface area contributed by atoms with Crippen molar-refractivity contribution in [1.29, 1.82) is 0 Å². The molecule has 1 aliphatic heterocycles. The molecule has 0 N–H and O–H groups in total. The molecular weight excluding hydrogens is 206 g/mol. The Kier molecular flexibility index (Phi) is 6.28. The van der Waals surface area contributed by atoms with E-state index < -0.39 is 0 Å². The van der Waals surface area contributed by atoms with Gasteiger partial charge in [0, 0.05) is 6.54 Å². The molecular formula is C16H27N. The maximum absolute atomic E-state index is 2.60. The van der Waals surface area contributed by atoms with Gasteiger partial charge in [-0.2, -0.15) is 0 Å². The van der Waals surface area contributed by atoms with Gasteiger partial charge < -0.3 is 0 Å². The van der Waals surface area contributed by atoms with E-state index in [9.17, 15) is 0 Å². The van der Waals surface area contributed by atoms with Crippen molar-refractivity contribution in [2.24, 2.45) is 5.92 Å². The highest BCUT2D eigenvalue weighted by Gasteiger charge is 2.18. The number of hydrogen-bond acceptors (Lipinski definition) is 1. The molecule has 0 amide bonds. The van der Waals surface area contributed by atoms with Crippen LogP contribution < -0.4 is 0 Å². The van der Waals surface area contributed by atoms with Crippen LogP contribution in [0.1, 0.15) is 45.6 Å². The van der Waals surface area contributed by atoms with Gasteiger partial charge in [0.15, 0.2) is 0 Å². The van der Waals surface area contributed by atoms with Gasteiger partial charge in [-0.1, -0.05) is 57.5 Å². The number of piperidine rings is 1. The van der Waals surface area contributed by atoms with Crippen molar-refractivity contribution >= 4 is 0 Å². The van der Waals surface area contributed by atoms with E-state index in [0.717, 1.165) is 12.5 Å². The minimum Gasteiger partial charge on any atom is -0.299 e. The van der Waals surface area contributed by atoms with Crippen LogP contribution >= 0.6 is 0 Å². The van der Waals surface area contributed by atoms with E-state index in [4.69, 9.17) is 0 Å². The zero-order valence-corrected chi connectivity index (χ0v) is 10.4. The average molecular weight is 233 g/mol. The molecule has 1 heterocycles. The second kappa shape index (κ2) is 7.50. The molecule has 1 heteroatoms. The topological polar surface area (TPSA) is 3.24 Å². The van der Waals surface area contributed by atoms with E-state index in [2.05, 4.69) is 42.2 Å². The summed E-state index contributed by atoms with van der Waals surface area (Å²) in [7, 11) is 0. The Labute approximate surface area is 107 Å². The van der Waals surface area contributed by atoms with Crippen LogP contribution in [0.2, 0.25) is 0 Å². The van der Waals surface area contributed by atoms with Gasteiger partial charge in [-0.3, -0.25) is 4.90 Å². The first-order valence-electron chi connectivity index (χ1n) is 6.64. The van der Waals surface area contributed by atoms with Gasteiger partial charge >= 0.3 is 0 Å². The third-order valence-electron chi connectivity index (χ3n) is 3.65. The number of benzene rings is 1. The van der Waals surface area contributed by atoms with Gasteiger partial charge in [0.25, 0.3) is 0 Å². The smallest absolute Gasteiger partial charge is 0.0233 e. The molecule has 1 aromatic rings. The van der Waals surface area contributed by atoms with E-state index >= 15 is 0 Å². The van der Waals surface area contributed by atoms with Crippen molar-refractivity contribution in [1.82, 2.24) is 4.90 Å². The quantitative estimate of drug-likeness (QED) is 0.748. The zero-order valence-electron chi connectivity index (χ0n) is 10.4. The molecule has 17 heavy (non-hydrogen) atoms. The standard InChI is InChI=1S/C15H23N.CH4/c1-2-6-14-9-11-16(12-10-14)13-15-7-4-3-5-8-15;/h3-5,7-8,14H,2,6,9-13H2,1H3;1H4. The SMILES string of the molecule is C.CCCC1CCN(Cc2ccccc2)CC1. The normalized spacial score (nSPS) is 17.7. The van der Waals surface area contributed by atoms with Gasteiger partial charge in [-0.05, 0) is 37.4 Å². The highest BCUT2D eigenvalue weighted by Crippen LogP contribution is 2.22. The molecule has 0 atom stereocenters. The molecule has 0 saturated carbocycles. The number of nitrogens with zero attached hydrogens (tertiary/aromatic N) is 1. The van der Waals surface area contributed by atoms with Gasteiger partial charge in [-0.25, -0.2) is 0 Å². The fraction of sp³-hybridized carbons (Fsp3) is 0.625. The first kappa shape index (κ1) is 14.2. The summed E-state index contributed by atoms with van der Waals surface area (Å²) in [6, 6.07) is 10.8. The van der Waals surface area contributed by atoms with Crippen molar-refractivity contribution < 1.29 is 0 Å². The van der Waals surface area contributed by atoms with Crippen LogP contribution in [0.15, 0.2) is 30.3 Å². The molecule has 1 aromatic carbocycles. The van der Waals surface area contributed by atoms with Crippen molar-refractivity contribution in [3.05, 3.63) is 35.9 Å². The molecule has 0 bridgehead atoms. The fourth-order valence-electron chi connectivity index (χ4n) is 2.68. The summed E-state index contributed by atoms with van der Waals surface area (Å²) in [6.07, 6.45) is 5.59. The first-order chi connectivity index (χ1) is 7.88. The largest absolute Gasteiger partial charge is 0.299 e. The van der Waals surface area contributed by atoms with Crippen LogP contribution in [-0.4, -0.2) is 18.0 Å². The maximum atomic E-state index is 2.60. The van der Waals surface area contributed by atoms with E-state index in [1.165, 1.54) is 44.3 Å². The lowest BCUT2D eigenvalue weighted by Gasteiger charge is -2.31. The number of hydrogen-bond donors (Lipinski definition) is 0. The monoisotopic (exact) mass is 233 g/mol. The van der Waals surface area contributed by atoms with E-state index in [1.54, 1.807) is 0 Å². The number of likely N-dealkylation sites (tertiary alicyclic amines) is 1. The van der Waals surface area contributed by atoms with E-state index in [0.29, 0.717) is 0 Å². The molecule has 0 unspecified atom stereocenters. The maximum Gasteiger partial charge on any atom is 0.0233 e. The highest BCUT2D eigenvalue weighted by molar-refractivity contribution is 5.14. The second-order valence-corrected chi connectivity index (χ2v) is 4.99. The Balaban J connectivity index is 0.00000144. The van der Waals surface area contributed by atoms with Crippen LogP contribution in [0.3, 0.4) is 0 Å². The molecule has 0 spiro atoms. The van der Waals surface area contributed by atoms with Crippen LogP contribution in [0.25, 0.3) is 0 Å².